The monoisotopic (exact) mass is 541 g/mol. The number of fused-ring (bicyclic) bond motifs is 7. The highest BCUT2D eigenvalue weighted by Gasteiger charge is 2.70. The Bertz CT molecular complexity index is 1420. The van der Waals surface area contributed by atoms with Gasteiger partial charge in [-0.1, -0.05) is 60.1 Å². The molecule has 5 aliphatic carbocycles. The van der Waals surface area contributed by atoms with Gasteiger partial charge in [-0.3, -0.25) is 14.2 Å². The van der Waals surface area contributed by atoms with E-state index in [0.29, 0.717) is 0 Å². The number of nitrogens with zero attached hydrogens (tertiary/aromatic N) is 3. The fourth-order valence-electron chi connectivity index (χ4n) is 10.6. The Hall–Kier alpha value is -2.81. The Labute approximate surface area is 238 Å². The van der Waals surface area contributed by atoms with E-state index < -0.39 is 16.2 Å². The molecule has 0 N–H and O–H groups in total. The molecule has 212 valence electrons. The normalized spacial score (nSPS) is 43.2. The molecule has 6 rings (SSSR count). The third kappa shape index (κ3) is 3.21. The number of Topliss-reactive ketones (excluding diaryl/α,β-unsaturated/α-hetero) is 1. The first-order valence-electron chi connectivity index (χ1n) is 15.0. The molecule has 0 aromatic carbocycles. The highest BCUT2D eigenvalue weighted by Crippen LogP contribution is 2.74. The van der Waals surface area contributed by atoms with E-state index in [1.165, 1.54) is 0 Å². The zero-order chi connectivity index (χ0) is 29.1. The summed E-state index contributed by atoms with van der Waals surface area (Å²) >= 11 is 0. The van der Waals surface area contributed by atoms with Gasteiger partial charge >= 0.3 is 0 Å². The van der Waals surface area contributed by atoms with Gasteiger partial charge in [0.15, 0.2) is 11.6 Å². The van der Waals surface area contributed by atoms with Crippen LogP contribution in [0.1, 0.15) is 98.2 Å². The molecule has 40 heavy (non-hydrogen) atoms. The standard InChI is InChI=1S/C34H43N3O3/c1-29(2)11-13-34(28(40)37-16-15-36-20-37)14-12-33(7)26(21(34)18-29)23(38)17-25-31(5)19-22(35-8)27(39)30(3,4)24(31)9-10-32(25,33)6/h15-17,19-21,24,26H,9-14,18H2,1-7H3/t21?,24-,26?,31-,32+,33+,34-/m0/s1. The number of imidazole rings is 1. The van der Waals surface area contributed by atoms with Crippen LogP contribution in [0.5, 0.6) is 0 Å². The van der Waals surface area contributed by atoms with Gasteiger partial charge in [-0.15, -0.1) is 0 Å². The van der Waals surface area contributed by atoms with Crippen LogP contribution in [0.4, 0.5) is 0 Å². The summed E-state index contributed by atoms with van der Waals surface area (Å²) in [7, 11) is 0. The first kappa shape index (κ1) is 27.4. The molecule has 0 spiro atoms. The van der Waals surface area contributed by atoms with E-state index in [2.05, 4.69) is 44.4 Å². The summed E-state index contributed by atoms with van der Waals surface area (Å²) in [6.45, 7) is 23.1. The zero-order valence-corrected chi connectivity index (χ0v) is 25.1. The molecule has 1 aromatic heterocycles. The topological polar surface area (TPSA) is 73.4 Å². The molecule has 0 aliphatic heterocycles. The lowest BCUT2D eigenvalue weighted by molar-refractivity contribution is -0.164. The summed E-state index contributed by atoms with van der Waals surface area (Å²) in [5.74, 6) is -0.113. The van der Waals surface area contributed by atoms with E-state index in [1.807, 2.05) is 26.0 Å². The van der Waals surface area contributed by atoms with Gasteiger partial charge in [0.05, 0.1) is 12.0 Å². The minimum atomic E-state index is -0.668. The van der Waals surface area contributed by atoms with Crippen molar-refractivity contribution in [2.24, 2.45) is 50.2 Å². The van der Waals surface area contributed by atoms with E-state index >= 15 is 0 Å². The average molecular weight is 542 g/mol. The Kier molecular flexibility index (Phi) is 5.57. The van der Waals surface area contributed by atoms with Crippen molar-refractivity contribution < 1.29 is 14.4 Å². The van der Waals surface area contributed by atoms with Crippen molar-refractivity contribution in [3.8, 4) is 0 Å². The Morgan fingerprint density at radius 1 is 1.02 bits per heavy atom. The third-order valence-corrected chi connectivity index (χ3v) is 13.0. The van der Waals surface area contributed by atoms with Gasteiger partial charge in [-0.25, -0.2) is 9.83 Å². The maximum absolute atomic E-state index is 14.6. The number of carbonyl (C=O) groups excluding carboxylic acids is 3. The van der Waals surface area contributed by atoms with Crippen molar-refractivity contribution in [3.63, 3.8) is 0 Å². The van der Waals surface area contributed by atoms with Crippen molar-refractivity contribution in [2.75, 3.05) is 0 Å². The molecule has 0 radical (unpaired) electrons. The van der Waals surface area contributed by atoms with Crippen LogP contribution >= 0.6 is 0 Å². The van der Waals surface area contributed by atoms with Gasteiger partial charge in [0.1, 0.15) is 6.33 Å². The number of hydrogen-bond donors (Lipinski definition) is 0. The molecule has 1 heterocycles. The number of rotatable bonds is 1. The Balaban J connectivity index is 1.53. The first-order chi connectivity index (χ1) is 18.6. The summed E-state index contributed by atoms with van der Waals surface area (Å²) in [6.07, 6.45) is 14.8. The van der Waals surface area contributed by atoms with Gasteiger partial charge in [-0.2, -0.15) is 0 Å². The van der Waals surface area contributed by atoms with E-state index in [0.717, 1.165) is 50.5 Å². The molecule has 3 saturated carbocycles. The number of allylic oxidation sites excluding steroid dienone is 4. The molecule has 6 heteroatoms. The third-order valence-electron chi connectivity index (χ3n) is 13.0. The number of aromatic nitrogens is 2. The number of carbonyl (C=O) groups is 3. The average Bonchev–Trinajstić information content (AvgIpc) is 3.42. The molecule has 2 unspecified atom stereocenters. The Morgan fingerprint density at radius 3 is 2.38 bits per heavy atom. The molecule has 0 bridgehead atoms. The second-order valence-corrected chi connectivity index (χ2v) is 15.7. The van der Waals surface area contributed by atoms with Gasteiger partial charge in [0.25, 0.3) is 0 Å². The molecule has 6 nitrogen and oxygen atoms in total. The van der Waals surface area contributed by atoms with Gasteiger partial charge in [0, 0.05) is 29.1 Å². The van der Waals surface area contributed by atoms with Crippen LogP contribution in [0.3, 0.4) is 0 Å². The van der Waals surface area contributed by atoms with Crippen LogP contribution in [-0.4, -0.2) is 27.0 Å². The Morgan fingerprint density at radius 2 is 1.73 bits per heavy atom. The van der Waals surface area contributed by atoms with E-state index in [4.69, 9.17) is 6.57 Å². The molecule has 3 fully saturated rings. The van der Waals surface area contributed by atoms with Crippen LogP contribution in [0.2, 0.25) is 0 Å². The minimum Gasteiger partial charge on any atom is -0.307 e. The second-order valence-electron chi connectivity index (χ2n) is 15.7. The predicted molar refractivity (Wildman–Crippen MR) is 153 cm³/mol. The molecule has 5 aliphatic rings. The fourth-order valence-corrected chi connectivity index (χ4v) is 10.6. The smallest absolute Gasteiger partial charge is 0.238 e. The highest BCUT2D eigenvalue weighted by molar-refractivity contribution is 6.03. The van der Waals surface area contributed by atoms with Crippen molar-refractivity contribution in [1.82, 2.24) is 9.55 Å². The number of ketones is 2. The lowest BCUT2D eigenvalue weighted by Gasteiger charge is -2.69. The van der Waals surface area contributed by atoms with Crippen LogP contribution in [0, 0.1) is 56.8 Å². The maximum atomic E-state index is 14.6. The molecule has 1 aromatic rings. The van der Waals surface area contributed by atoms with Crippen molar-refractivity contribution in [1.29, 1.82) is 0 Å². The van der Waals surface area contributed by atoms with Gasteiger partial charge in [-0.05, 0) is 79.1 Å². The largest absolute Gasteiger partial charge is 0.307 e. The molecule has 7 atom stereocenters. The van der Waals surface area contributed by atoms with Crippen LogP contribution in [0.15, 0.2) is 42.1 Å². The lowest BCUT2D eigenvalue weighted by Crippen LogP contribution is -2.66. The summed E-state index contributed by atoms with van der Waals surface area (Å²) in [5, 5.41) is 0. The first-order valence-corrected chi connectivity index (χ1v) is 15.0. The minimum absolute atomic E-state index is 0.0318. The molecule has 0 saturated heterocycles. The van der Waals surface area contributed by atoms with Crippen molar-refractivity contribution in [2.45, 2.75) is 93.4 Å². The van der Waals surface area contributed by atoms with E-state index in [-0.39, 0.29) is 57.2 Å². The van der Waals surface area contributed by atoms with Gasteiger partial charge in [0.2, 0.25) is 11.6 Å². The zero-order valence-electron chi connectivity index (χ0n) is 25.1. The summed E-state index contributed by atoms with van der Waals surface area (Å²) < 4.78 is 1.65. The SMILES string of the molecule is [C-]#[N+]C1=C[C@]2(C)C3=CC(=O)C4C5CC(C)(C)CC[C@]5(C(=O)n5ccnc5)CC[C@@]4(C)[C@]3(C)CC[C@H]2C(C)(C)C1=O. The summed E-state index contributed by atoms with van der Waals surface area (Å²) in [4.78, 5) is 49.9. The molecular formula is C34H43N3O3. The lowest BCUT2D eigenvalue weighted by atomic mass is 9.34. The quantitative estimate of drug-likeness (QED) is 0.356. The van der Waals surface area contributed by atoms with E-state index in [9.17, 15) is 14.4 Å². The fraction of sp³-hybridized carbons (Fsp3) is 0.676. The molecule has 0 amide bonds. The van der Waals surface area contributed by atoms with Crippen molar-refractivity contribution in [3.05, 3.63) is 53.6 Å². The summed E-state index contributed by atoms with van der Waals surface area (Å²) in [5.41, 5.74) is -1.02. The van der Waals surface area contributed by atoms with Crippen LogP contribution < -0.4 is 0 Å². The number of hydrogen-bond acceptors (Lipinski definition) is 4. The second kappa shape index (κ2) is 8.14. The highest BCUT2D eigenvalue weighted by atomic mass is 16.2. The summed E-state index contributed by atoms with van der Waals surface area (Å²) in [6, 6.07) is 0. The van der Waals surface area contributed by atoms with Crippen molar-refractivity contribution >= 4 is 17.5 Å². The maximum Gasteiger partial charge on any atom is 0.238 e. The van der Waals surface area contributed by atoms with Gasteiger partial charge < -0.3 is 4.79 Å². The van der Waals surface area contributed by atoms with E-state index in [1.54, 1.807) is 23.3 Å². The van der Waals surface area contributed by atoms with Crippen LogP contribution in [0.25, 0.3) is 4.85 Å². The van der Waals surface area contributed by atoms with Crippen LogP contribution in [-0.2, 0) is 9.59 Å². The molecular weight excluding hydrogens is 498 g/mol. The predicted octanol–water partition coefficient (Wildman–Crippen LogP) is 7.10.